The number of nitrogens with one attached hydrogen (secondary N) is 1. The molecule has 1 N–H and O–H groups in total. The van der Waals surface area contributed by atoms with Crippen LogP contribution in [0.1, 0.15) is 12.8 Å². The number of nitrogens with zero attached hydrogens (tertiary/aromatic N) is 3. The summed E-state index contributed by atoms with van der Waals surface area (Å²) in [6, 6.07) is 5.28. The molecule has 0 unspecified atom stereocenters. The second-order valence-electron chi connectivity index (χ2n) is 6.14. The molecule has 0 saturated carbocycles. The van der Waals surface area contributed by atoms with Crippen molar-refractivity contribution in [2.75, 3.05) is 23.3 Å². The number of piperidine rings is 1. The minimum atomic E-state index is -0.555. The van der Waals surface area contributed by atoms with Gasteiger partial charge in [-0.25, -0.2) is 9.37 Å². The molecule has 27 heavy (non-hydrogen) atoms. The maximum atomic E-state index is 13.2. The standard InChI is InChI=1S/C17H15Cl2FN4O3/c18-13-7-11(1-2-15(13)20)22-17(25)10-3-5-23(6-4-10)16-14(19)8-12(9-21-16)24(26)27/h1-2,7-10H,3-6H2,(H,22,25). The zero-order valence-corrected chi connectivity index (χ0v) is 15.5. The van der Waals surface area contributed by atoms with E-state index in [4.69, 9.17) is 23.2 Å². The molecule has 7 nitrogen and oxygen atoms in total. The third-order valence-corrected chi connectivity index (χ3v) is 4.94. The molecule has 0 aliphatic carbocycles. The quantitative estimate of drug-likeness (QED) is 0.597. The molecule has 1 fully saturated rings. The summed E-state index contributed by atoms with van der Waals surface area (Å²) in [6.45, 7) is 1.07. The van der Waals surface area contributed by atoms with Crippen molar-refractivity contribution in [3.05, 3.63) is 56.4 Å². The predicted molar refractivity (Wildman–Crippen MR) is 101 cm³/mol. The van der Waals surface area contributed by atoms with E-state index in [1.807, 2.05) is 4.90 Å². The van der Waals surface area contributed by atoms with Gasteiger partial charge >= 0.3 is 0 Å². The van der Waals surface area contributed by atoms with Crippen LogP contribution in [0.4, 0.5) is 21.6 Å². The molecule has 1 aliphatic rings. The number of rotatable bonds is 4. The SMILES string of the molecule is O=C(Nc1ccc(F)c(Cl)c1)C1CCN(c2ncc([N+](=O)[O-])cc2Cl)CC1. The molecule has 142 valence electrons. The summed E-state index contributed by atoms with van der Waals surface area (Å²) >= 11 is 11.8. The van der Waals surface area contributed by atoms with Crippen LogP contribution in [0.3, 0.4) is 0 Å². The van der Waals surface area contributed by atoms with Gasteiger partial charge in [0.15, 0.2) is 0 Å². The van der Waals surface area contributed by atoms with Gasteiger partial charge in [0.1, 0.15) is 17.8 Å². The van der Waals surface area contributed by atoms with Gasteiger partial charge in [-0.2, -0.15) is 0 Å². The number of benzene rings is 1. The Balaban J connectivity index is 1.60. The highest BCUT2D eigenvalue weighted by molar-refractivity contribution is 6.33. The topological polar surface area (TPSA) is 88.4 Å². The molecule has 1 amide bonds. The lowest BCUT2D eigenvalue weighted by Crippen LogP contribution is -2.38. The minimum Gasteiger partial charge on any atom is -0.355 e. The Kier molecular flexibility index (Phi) is 5.76. The van der Waals surface area contributed by atoms with Gasteiger partial charge in [-0.15, -0.1) is 0 Å². The van der Waals surface area contributed by atoms with Gasteiger partial charge in [-0.05, 0) is 31.0 Å². The van der Waals surface area contributed by atoms with Gasteiger partial charge in [-0.1, -0.05) is 23.2 Å². The number of anilines is 2. The maximum Gasteiger partial charge on any atom is 0.289 e. The van der Waals surface area contributed by atoms with Gasteiger partial charge in [-0.3, -0.25) is 14.9 Å². The van der Waals surface area contributed by atoms with Gasteiger partial charge < -0.3 is 10.2 Å². The summed E-state index contributed by atoms with van der Waals surface area (Å²) in [6.07, 6.45) is 2.30. The Bertz CT molecular complexity index is 888. The van der Waals surface area contributed by atoms with Crippen LogP contribution in [-0.4, -0.2) is 28.9 Å². The maximum absolute atomic E-state index is 13.2. The number of hydrogen-bond donors (Lipinski definition) is 1. The minimum absolute atomic E-state index is 0.0542. The number of amides is 1. The fourth-order valence-corrected chi connectivity index (χ4v) is 3.39. The molecule has 3 rings (SSSR count). The molecule has 1 aromatic carbocycles. The van der Waals surface area contributed by atoms with E-state index in [1.54, 1.807) is 0 Å². The van der Waals surface area contributed by atoms with Crippen molar-refractivity contribution < 1.29 is 14.1 Å². The first kappa shape index (κ1) is 19.3. The number of aromatic nitrogens is 1. The van der Waals surface area contributed by atoms with Gasteiger partial charge in [0.05, 0.1) is 15.0 Å². The number of nitro groups is 1. The van der Waals surface area contributed by atoms with Gasteiger partial charge in [0, 0.05) is 30.8 Å². The predicted octanol–water partition coefficient (Wildman–Crippen LogP) is 4.29. The Hall–Kier alpha value is -2.45. The van der Waals surface area contributed by atoms with Crippen LogP contribution in [0, 0.1) is 21.8 Å². The molecule has 0 bridgehead atoms. The average molecular weight is 413 g/mol. The van der Waals surface area contributed by atoms with Crippen molar-refractivity contribution in [1.82, 2.24) is 4.98 Å². The summed E-state index contributed by atoms with van der Waals surface area (Å²) < 4.78 is 13.2. The summed E-state index contributed by atoms with van der Waals surface area (Å²) in [5.74, 6) is -0.469. The zero-order chi connectivity index (χ0) is 19.6. The van der Waals surface area contributed by atoms with Crippen LogP contribution in [0.15, 0.2) is 30.5 Å². The Morgan fingerprint density at radius 1 is 1.26 bits per heavy atom. The van der Waals surface area contributed by atoms with Crippen molar-refractivity contribution in [1.29, 1.82) is 0 Å². The lowest BCUT2D eigenvalue weighted by molar-refractivity contribution is -0.385. The van der Waals surface area contributed by atoms with E-state index in [-0.39, 0.29) is 27.6 Å². The van der Waals surface area contributed by atoms with E-state index in [0.29, 0.717) is 37.4 Å². The van der Waals surface area contributed by atoms with Crippen LogP contribution < -0.4 is 10.2 Å². The van der Waals surface area contributed by atoms with Crippen molar-refractivity contribution >= 4 is 46.3 Å². The first-order valence-electron chi connectivity index (χ1n) is 8.16. The summed E-state index contributed by atoms with van der Waals surface area (Å²) in [5, 5.41) is 13.7. The monoisotopic (exact) mass is 412 g/mol. The zero-order valence-electron chi connectivity index (χ0n) is 14.0. The summed E-state index contributed by atoms with van der Waals surface area (Å²) in [7, 11) is 0. The van der Waals surface area contributed by atoms with Crippen molar-refractivity contribution in [3.8, 4) is 0 Å². The molecular formula is C17H15Cl2FN4O3. The second kappa shape index (κ2) is 8.06. The lowest BCUT2D eigenvalue weighted by atomic mass is 9.95. The van der Waals surface area contributed by atoms with E-state index in [0.717, 1.165) is 6.20 Å². The Morgan fingerprint density at radius 2 is 1.96 bits per heavy atom. The first-order valence-corrected chi connectivity index (χ1v) is 8.91. The fourth-order valence-electron chi connectivity index (χ4n) is 2.92. The fraction of sp³-hybridized carbons (Fsp3) is 0.294. The van der Waals surface area contributed by atoms with E-state index >= 15 is 0 Å². The number of hydrogen-bond acceptors (Lipinski definition) is 5. The van der Waals surface area contributed by atoms with Crippen LogP contribution in [0.25, 0.3) is 0 Å². The number of pyridine rings is 1. The van der Waals surface area contributed by atoms with E-state index < -0.39 is 10.7 Å². The Morgan fingerprint density at radius 3 is 2.56 bits per heavy atom. The van der Waals surface area contributed by atoms with Crippen molar-refractivity contribution in [2.24, 2.45) is 5.92 Å². The van der Waals surface area contributed by atoms with Crippen LogP contribution in [-0.2, 0) is 4.79 Å². The van der Waals surface area contributed by atoms with Gasteiger partial charge in [0.2, 0.25) is 5.91 Å². The molecular weight excluding hydrogens is 398 g/mol. The molecule has 0 atom stereocenters. The van der Waals surface area contributed by atoms with Crippen LogP contribution in [0.2, 0.25) is 10.0 Å². The Labute approximate surface area is 164 Å². The molecule has 10 heteroatoms. The molecule has 0 spiro atoms. The van der Waals surface area contributed by atoms with Crippen molar-refractivity contribution in [2.45, 2.75) is 12.8 Å². The normalized spacial score (nSPS) is 14.9. The molecule has 1 saturated heterocycles. The van der Waals surface area contributed by atoms with Gasteiger partial charge in [0.25, 0.3) is 5.69 Å². The third kappa shape index (κ3) is 4.45. The lowest BCUT2D eigenvalue weighted by Gasteiger charge is -2.32. The van der Waals surface area contributed by atoms with E-state index in [1.165, 1.54) is 24.3 Å². The van der Waals surface area contributed by atoms with Crippen molar-refractivity contribution in [3.63, 3.8) is 0 Å². The van der Waals surface area contributed by atoms with Crippen LogP contribution >= 0.6 is 23.2 Å². The highest BCUT2D eigenvalue weighted by Crippen LogP contribution is 2.30. The number of carbonyl (C=O) groups is 1. The van der Waals surface area contributed by atoms with Crippen LogP contribution in [0.5, 0.6) is 0 Å². The highest BCUT2D eigenvalue weighted by atomic mass is 35.5. The number of halogens is 3. The highest BCUT2D eigenvalue weighted by Gasteiger charge is 2.27. The number of carbonyl (C=O) groups excluding carboxylic acids is 1. The molecule has 2 heterocycles. The molecule has 0 radical (unpaired) electrons. The smallest absolute Gasteiger partial charge is 0.289 e. The molecule has 2 aromatic rings. The molecule has 1 aliphatic heterocycles. The average Bonchev–Trinajstić information content (AvgIpc) is 2.64. The second-order valence-corrected chi connectivity index (χ2v) is 6.95. The van der Waals surface area contributed by atoms with E-state index in [9.17, 15) is 19.3 Å². The largest absolute Gasteiger partial charge is 0.355 e. The first-order chi connectivity index (χ1) is 12.8. The van der Waals surface area contributed by atoms with E-state index in [2.05, 4.69) is 10.3 Å². The summed E-state index contributed by atoms with van der Waals surface area (Å²) in [4.78, 5) is 28.6. The summed E-state index contributed by atoms with van der Waals surface area (Å²) in [5.41, 5.74) is 0.268. The molecule has 1 aromatic heterocycles. The third-order valence-electron chi connectivity index (χ3n) is 4.37.